The summed E-state index contributed by atoms with van der Waals surface area (Å²) < 4.78 is 0. The molecule has 2 nitrogen and oxygen atoms in total. The Kier molecular flexibility index (Phi) is 4.99. The molecule has 1 aromatic heterocycles. The third-order valence-corrected chi connectivity index (χ3v) is 4.74. The number of hydrogen-bond acceptors (Lipinski definition) is 3. The highest BCUT2D eigenvalue weighted by Crippen LogP contribution is 2.34. The number of rotatable bonds is 6. The van der Waals surface area contributed by atoms with Crippen molar-refractivity contribution >= 4 is 11.3 Å². The number of thiazole rings is 1. The van der Waals surface area contributed by atoms with E-state index < -0.39 is 0 Å². The molecule has 0 amide bonds. The van der Waals surface area contributed by atoms with Crippen LogP contribution in [0.5, 0.6) is 0 Å². The average molecular weight is 252 g/mol. The second-order valence-corrected chi connectivity index (χ2v) is 6.18. The van der Waals surface area contributed by atoms with Crippen LogP contribution in [0, 0.1) is 18.8 Å². The molecule has 3 heteroatoms. The number of hydrogen-bond donors (Lipinski definition) is 1. The predicted molar refractivity (Wildman–Crippen MR) is 74.5 cm³/mol. The molecular formula is C14H24N2S. The van der Waals surface area contributed by atoms with E-state index in [0.717, 1.165) is 11.8 Å². The quantitative estimate of drug-likeness (QED) is 0.785. The van der Waals surface area contributed by atoms with Gasteiger partial charge in [-0.15, -0.1) is 11.3 Å². The van der Waals surface area contributed by atoms with E-state index in [1.54, 1.807) is 0 Å². The van der Waals surface area contributed by atoms with E-state index in [1.807, 2.05) is 11.3 Å². The van der Waals surface area contributed by atoms with Crippen molar-refractivity contribution in [3.8, 4) is 0 Å². The lowest BCUT2D eigenvalue weighted by Crippen LogP contribution is -2.26. The molecule has 96 valence electrons. The fraction of sp³-hybridized carbons (Fsp3) is 0.786. The van der Waals surface area contributed by atoms with Gasteiger partial charge >= 0.3 is 0 Å². The number of nitrogens with zero attached hydrogens (tertiary/aromatic N) is 1. The molecular weight excluding hydrogens is 228 g/mol. The lowest BCUT2D eigenvalue weighted by molar-refractivity contribution is 0.365. The first-order valence-electron chi connectivity index (χ1n) is 6.91. The van der Waals surface area contributed by atoms with Gasteiger partial charge in [-0.2, -0.15) is 0 Å². The zero-order valence-corrected chi connectivity index (χ0v) is 11.9. The Balaban J connectivity index is 1.82. The van der Waals surface area contributed by atoms with Crippen molar-refractivity contribution in [2.45, 2.75) is 46.0 Å². The molecule has 0 aromatic carbocycles. The van der Waals surface area contributed by atoms with Gasteiger partial charge in [-0.1, -0.05) is 13.3 Å². The van der Waals surface area contributed by atoms with Gasteiger partial charge in [0, 0.05) is 17.5 Å². The Morgan fingerprint density at radius 3 is 2.94 bits per heavy atom. The lowest BCUT2D eigenvalue weighted by Gasteiger charge is -2.19. The third-order valence-electron chi connectivity index (χ3n) is 3.75. The van der Waals surface area contributed by atoms with Crippen LogP contribution in [0.2, 0.25) is 0 Å². The summed E-state index contributed by atoms with van der Waals surface area (Å²) in [5.74, 6) is 1.75. The summed E-state index contributed by atoms with van der Waals surface area (Å²) >= 11 is 1.84. The molecule has 0 aliphatic heterocycles. The molecule has 1 aromatic rings. The zero-order chi connectivity index (χ0) is 12.1. The summed E-state index contributed by atoms with van der Waals surface area (Å²) in [6.07, 6.45) is 6.66. The van der Waals surface area contributed by atoms with Crippen LogP contribution in [0.4, 0.5) is 0 Å². The van der Waals surface area contributed by atoms with E-state index in [2.05, 4.69) is 29.5 Å². The third kappa shape index (κ3) is 3.78. The molecule has 1 fully saturated rings. The van der Waals surface area contributed by atoms with Gasteiger partial charge < -0.3 is 5.32 Å². The van der Waals surface area contributed by atoms with Crippen molar-refractivity contribution in [2.75, 3.05) is 13.1 Å². The van der Waals surface area contributed by atoms with Gasteiger partial charge in [-0.05, 0) is 51.1 Å². The minimum absolute atomic E-state index is 0.866. The zero-order valence-electron chi connectivity index (χ0n) is 11.0. The van der Waals surface area contributed by atoms with Crippen molar-refractivity contribution < 1.29 is 0 Å². The predicted octanol–water partition coefficient (Wildman–Crippen LogP) is 3.41. The van der Waals surface area contributed by atoms with E-state index in [-0.39, 0.29) is 0 Å². The first-order valence-corrected chi connectivity index (χ1v) is 7.79. The highest BCUT2D eigenvalue weighted by atomic mass is 32.1. The second kappa shape index (κ2) is 6.50. The maximum Gasteiger partial charge on any atom is 0.0930 e. The van der Waals surface area contributed by atoms with Crippen molar-refractivity contribution in [1.29, 1.82) is 0 Å². The van der Waals surface area contributed by atoms with Crippen molar-refractivity contribution in [2.24, 2.45) is 11.8 Å². The van der Waals surface area contributed by atoms with Gasteiger partial charge in [-0.25, -0.2) is 4.98 Å². The minimum atomic E-state index is 0.866. The molecule has 1 N–H and O–H groups in total. The summed E-state index contributed by atoms with van der Waals surface area (Å²) in [7, 11) is 0. The van der Waals surface area contributed by atoms with E-state index in [0.29, 0.717) is 0 Å². The largest absolute Gasteiger partial charge is 0.316 e. The Bertz CT molecular complexity index is 335. The normalized spacial score (nSPS) is 24.4. The number of aryl methyl sites for hydroxylation is 1. The second-order valence-electron chi connectivity index (χ2n) is 5.24. The van der Waals surface area contributed by atoms with Gasteiger partial charge in [-0.3, -0.25) is 0 Å². The molecule has 0 saturated heterocycles. The lowest BCUT2D eigenvalue weighted by atomic mass is 9.93. The molecule has 2 unspecified atom stereocenters. The fourth-order valence-electron chi connectivity index (χ4n) is 2.84. The summed E-state index contributed by atoms with van der Waals surface area (Å²) in [5.41, 5.74) is 1.18. The topological polar surface area (TPSA) is 24.9 Å². The maximum atomic E-state index is 4.60. The van der Waals surface area contributed by atoms with Crippen LogP contribution in [0.3, 0.4) is 0 Å². The first-order chi connectivity index (χ1) is 8.29. The molecule has 0 bridgehead atoms. The molecule has 1 saturated carbocycles. The summed E-state index contributed by atoms with van der Waals surface area (Å²) in [6, 6.07) is 0. The van der Waals surface area contributed by atoms with E-state index >= 15 is 0 Å². The smallest absolute Gasteiger partial charge is 0.0930 e. The number of aromatic nitrogens is 1. The Morgan fingerprint density at radius 2 is 2.24 bits per heavy atom. The van der Waals surface area contributed by atoms with Crippen LogP contribution in [0.25, 0.3) is 0 Å². The van der Waals surface area contributed by atoms with Crippen LogP contribution in [-0.2, 0) is 6.42 Å². The fourth-order valence-corrected chi connectivity index (χ4v) is 3.70. The van der Waals surface area contributed by atoms with Crippen LogP contribution < -0.4 is 5.32 Å². The van der Waals surface area contributed by atoms with Gasteiger partial charge in [0.2, 0.25) is 0 Å². The molecule has 1 aliphatic carbocycles. The van der Waals surface area contributed by atoms with Crippen LogP contribution >= 0.6 is 11.3 Å². The highest BCUT2D eigenvalue weighted by Gasteiger charge is 2.27. The highest BCUT2D eigenvalue weighted by molar-refractivity contribution is 7.09. The van der Waals surface area contributed by atoms with Crippen LogP contribution in [0.1, 0.15) is 43.3 Å². The number of nitrogens with one attached hydrogen (secondary N) is 1. The monoisotopic (exact) mass is 252 g/mol. The molecule has 1 heterocycles. The Morgan fingerprint density at radius 1 is 1.41 bits per heavy atom. The van der Waals surface area contributed by atoms with Crippen LogP contribution in [-0.4, -0.2) is 18.1 Å². The maximum absolute atomic E-state index is 4.60. The average Bonchev–Trinajstić information content (AvgIpc) is 2.90. The molecule has 17 heavy (non-hydrogen) atoms. The Hall–Kier alpha value is -0.410. The van der Waals surface area contributed by atoms with E-state index in [1.165, 1.54) is 55.9 Å². The summed E-state index contributed by atoms with van der Waals surface area (Å²) in [6.45, 7) is 6.70. The van der Waals surface area contributed by atoms with E-state index in [4.69, 9.17) is 0 Å². The molecule has 2 rings (SSSR count). The van der Waals surface area contributed by atoms with Crippen LogP contribution in [0.15, 0.2) is 5.38 Å². The first kappa shape index (κ1) is 13.0. The van der Waals surface area contributed by atoms with Gasteiger partial charge in [0.05, 0.1) is 5.01 Å². The van der Waals surface area contributed by atoms with Gasteiger partial charge in [0.15, 0.2) is 0 Å². The van der Waals surface area contributed by atoms with Gasteiger partial charge in [0.1, 0.15) is 0 Å². The van der Waals surface area contributed by atoms with Gasteiger partial charge in [0.25, 0.3) is 0 Å². The van der Waals surface area contributed by atoms with Crippen molar-refractivity contribution in [3.05, 3.63) is 16.1 Å². The molecule has 0 spiro atoms. The minimum Gasteiger partial charge on any atom is -0.316 e. The summed E-state index contributed by atoms with van der Waals surface area (Å²) in [4.78, 5) is 4.60. The molecule has 1 aliphatic rings. The van der Waals surface area contributed by atoms with Crippen molar-refractivity contribution in [1.82, 2.24) is 10.3 Å². The van der Waals surface area contributed by atoms with Crippen molar-refractivity contribution in [3.63, 3.8) is 0 Å². The summed E-state index contributed by atoms with van der Waals surface area (Å²) in [5, 5.41) is 7.10. The SMILES string of the molecule is CCCNCC1CCCC1Cc1nc(C)cs1. The molecule has 2 atom stereocenters. The standard InChI is InChI=1S/C14H24N2S/c1-3-7-15-9-13-6-4-5-12(13)8-14-16-11(2)10-17-14/h10,12-13,15H,3-9H2,1-2H3. The van der Waals surface area contributed by atoms with E-state index in [9.17, 15) is 0 Å². The molecule has 0 radical (unpaired) electrons. The Labute approximate surface area is 109 Å².